The van der Waals surface area contributed by atoms with Crippen molar-refractivity contribution in [2.75, 3.05) is 0 Å². The van der Waals surface area contributed by atoms with Gasteiger partial charge in [-0.25, -0.2) is 0 Å². The summed E-state index contributed by atoms with van der Waals surface area (Å²) in [6.07, 6.45) is 0. The van der Waals surface area contributed by atoms with Gasteiger partial charge >= 0.3 is 16.0 Å². The van der Waals surface area contributed by atoms with Gasteiger partial charge in [-0.1, -0.05) is 20.8 Å². The van der Waals surface area contributed by atoms with Gasteiger partial charge in [0.15, 0.2) is 0 Å². The van der Waals surface area contributed by atoms with E-state index >= 15 is 0 Å². The van der Waals surface area contributed by atoms with Crippen LogP contribution < -0.4 is 0 Å². The van der Waals surface area contributed by atoms with Crippen molar-refractivity contribution in [2.24, 2.45) is 5.41 Å². The summed E-state index contributed by atoms with van der Waals surface area (Å²) >= 11 is 6.44. The molecule has 0 aliphatic carbocycles. The van der Waals surface area contributed by atoms with E-state index in [1.807, 2.05) is 0 Å². The second kappa shape index (κ2) is 6.84. The van der Waals surface area contributed by atoms with E-state index in [0.29, 0.717) is 0 Å². The SMILES string of the molecule is [Br][Mg][Br].[CH2]C(C)(C)C. The Balaban J connectivity index is 0. The summed E-state index contributed by atoms with van der Waals surface area (Å²) in [5, 5.41) is 0. The molecule has 0 atom stereocenters. The minimum absolute atomic E-state index is 0.0417. The normalized spacial score (nSPS) is 8.75. The second-order valence-electron chi connectivity index (χ2n) is 2.66. The molecule has 0 aliphatic rings. The van der Waals surface area contributed by atoms with Crippen LogP contribution in [0.15, 0.2) is 0 Å². The van der Waals surface area contributed by atoms with Gasteiger partial charge < -0.3 is 0 Å². The van der Waals surface area contributed by atoms with Crippen LogP contribution in [0.25, 0.3) is 0 Å². The van der Waals surface area contributed by atoms with Crippen molar-refractivity contribution in [1.29, 1.82) is 0 Å². The minimum atomic E-state index is 0.0417. The summed E-state index contributed by atoms with van der Waals surface area (Å²) in [6.45, 7) is 10.0. The van der Waals surface area contributed by atoms with E-state index in [4.69, 9.17) is 0 Å². The zero-order valence-corrected chi connectivity index (χ0v) is 10.3. The van der Waals surface area contributed by atoms with Gasteiger partial charge in [-0.2, -0.15) is 0 Å². The van der Waals surface area contributed by atoms with E-state index in [0.717, 1.165) is 0 Å². The molecule has 0 spiro atoms. The molecule has 0 saturated heterocycles. The van der Waals surface area contributed by atoms with Crippen molar-refractivity contribution in [1.82, 2.24) is 0 Å². The van der Waals surface area contributed by atoms with E-state index in [9.17, 15) is 0 Å². The fourth-order valence-electron chi connectivity index (χ4n) is 0. The lowest BCUT2D eigenvalue weighted by atomic mass is 10.0. The minimum Gasteiger partial charge on any atom is -0.280 e. The van der Waals surface area contributed by atoms with Crippen LogP contribution in [0.5, 0.6) is 0 Å². The Morgan fingerprint density at radius 1 is 1.25 bits per heavy atom. The van der Waals surface area contributed by atoms with Crippen LogP contribution in [0.3, 0.4) is 0 Å². The highest BCUT2D eigenvalue weighted by Crippen LogP contribution is 2.07. The van der Waals surface area contributed by atoms with Crippen LogP contribution in [0, 0.1) is 12.3 Å². The molecule has 0 aromatic heterocycles. The first-order valence-corrected chi connectivity index (χ1v) is 10.2. The van der Waals surface area contributed by atoms with E-state index in [-0.39, 0.29) is 21.4 Å². The van der Waals surface area contributed by atoms with E-state index in [1.165, 1.54) is 0 Å². The molecular formula is C5H11Br2Mg. The fourth-order valence-corrected chi connectivity index (χ4v) is 0. The lowest BCUT2D eigenvalue weighted by molar-refractivity contribution is 0.539. The van der Waals surface area contributed by atoms with Gasteiger partial charge in [0.1, 0.15) is 0 Å². The quantitative estimate of drug-likeness (QED) is 0.583. The summed E-state index contributed by atoms with van der Waals surface area (Å²) < 4.78 is 0. The first-order chi connectivity index (χ1) is 3.41. The van der Waals surface area contributed by atoms with Crippen molar-refractivity contribution in [3.8, 4) is 0 Å². The first kappa shape index (κ1) is 12.4. The molecule has 8 heavy (non-hydrogen) atoms. The van der Waals surface area contributed by atoms with Crippen LogP contribution >= 0.6 is 25.8 Å². The topological polar surface area (TPSA) is 0 Å². The molecule has 0 aliphatic heterocycles. The Bertz CT molecular complexity index is 34.2. The number of hydrogen-bond acceptors (Lipinski definition) is 0. The maximum atomic E-state index is 3.77. The van der Waals surface area contributed by atoms with Crippen molar-refractivity contribution < 1.29 is 0 Å². The van der Waals surface area contributed by atoms with Gasteiger partial charge in [0.05, 0.1) is 0 Å². The molecule has 0 aromatic carbocycles. The van der Waals surface area contributed by atoms with Gasteiger partial charge in [-0.15, -0.1) is 0 Å². The Kier molecular flexibility index (Phi) is 10.6. The molecule has 0 N–H and O–H groups in total. The molecule has 0 heterocycles. The summed E-state index contributed by atoms with van der Waals surface area (Å²) in [5.41, 5.74) is 0.250. The smallest absolute Gasteiger partial charge is 0.280 e. The molecule has 47 valence electrons. The summed E-state index contributed by atoms with van der Waals surface area (Å²) in [5.74, 6) is 0. The lowest BCUT2D eigenvalue weighted by Gasteiger charge is -2.05. The van der Waals surface area contributed by atoms with Crippen molar-refractivity contribution in [3.63, 3.8) is 0 Å². The third-order valence-electron chi connectivity index (χ3n) is 0. The zero-order valence-electron chi connectivity index (χ0n) is 5.67. The highest BCUT2D eigenvalue weighted by molar-refractivity contribution is 9.47. The highest BCUT2D eigenvalue weighted by Gasteiger charge is 1.95. The molecule has 0 unspecified atom stereocenters. The monoisotopic (exact) mass is 253 g/mol. The van der Waals surface area contributed by atoms with Gasteiger partial charge in [-0.3, -0.25) is 25.8 Å². The molecule has 0 saturated carbocycles. The fraction of sp³-hybridized carbons (Fsp3) is 0.800. The predicted octanol–water partition coefficient (Wildman–Crippen LogP) is 3.18. The zero-order chi connectivity index (χ0) is 7.21. The molecule has 1 radical (unpaired) electrons. The molecule has 0 amide bonds. The molecule has 0 nitrogen and oxygen atoms in total. The standard InChI is InChI=1S/C5H11.2BrH.Mg/c1-5(2,3)4;;;/h1H2,2-4H3;2*1H;/q;;;+2/p-2. The maximum Gasteiger partial charge on any atom is 0.560 e. The van der Waals surface area contributed by atoms with Crippen molar-refractivity contribution in [3.05, 3.63) is 6.92 Å². The Morgan fingerprint density at radius 3 is 1.25 bits per heavy atom. The molecule has 0 rings (SSSR count). The van der Waals surface area contributed by atoms with E-state index in [2.05, 4.69) is 53.5 Å². The van der Waals surface area contributed by atoms with Crippen molar-refractivity contribution >= 4 is 41.8 Å². The first-order valence-electron chi connectivity index (χ1n) is 2.39. The third kappa shape index (κ3) is 117. The van der Waals surface area contributed by atoms with Gasteiger partial charge in [0.25, 0.3) is 0 Å². The average Bonchev–Trinajstić information content (AvgIpc) is 1.27. The summed E-state index contributed by atoms with van der Waals surface area (Å²) in [4.78, 5) is 0. The second-order valence-corrected chi connectivity index (χ2v) is 10.7. The van der Waals surface area contributed by atoms with Crippen LogP contribution in [-0.2, 0) is 0 Å². The lowest BCUT2D eigenvalue weighted by Crippen LogP contribution is -1.94. The van der Waals surface area contributed by atoms with E-state index < -0.39 is 0 Å². The Labute approximate surface area is 74.3 Å². The van der Waals surface area contributed by atoms with E-state index in [1.54, 1.807) is 0 Å². The Hall–Kier alpha value is 1.73. The molecule has 0 aromatic rings. The van der Waals surface area contributed by atoms with Crippen LogP contribution in [0.1, 0.15) is 20.8 Å². The maximum absolute atomic E-state index is 3.77. The van der Waals surface area contributed by atoms with Crippen LogP contribution in [-0.4, -0.2) is 16.0 Å². The largest absolute Gasteiger partial charge is 0.560 e. The number of rotatable bonds is 0. The molecule has 3 heteroatoms. The van der Waals surface area contributed by atoms with Gasteiger partial charge in [0, 0.05) is 0 Å². The number of hydrogen-bond donors (Lipinski definition) is 0. The highest BCUT2D eigenvalue weighted by atomic mass is 79.9. The third-order valence-corrected chi connectivity index (χ3v) is 0. The molecule has 0 bridgehead atoms. The summed E-state index contributed by atoms with van der Waals surface area (Å²) in [7, 11) is 0. The Morgan fingerprint density at radius 2 is 1.25 bits per heavy atom. The van der Waals surface area contributed by atoms with Crippen LogP contribution in [0.4, 0.5) is 0 Å². The van der Waals surface area contributed by atoms with Crippen LogP contribution in [0.2, 0.25) is 0 Å². The average molecular weight is 255 g/mol. The predicted molar refractivity (Wildman–Crippen MR) is 48.4 cm³/mol. The molecular weight excluding hydrogens is 244 g/mol. The molecule has 0 fully saturated rings. The number of halogens is 2. The summed E-state index contributed by atoms with van der Waals surface area (Å²) in [6, 6.07) is 0. The van der Waals surface area contributed by atoms with Gasteiger partial charge in [0.2, 0.25) is 0 Å². The van der Waals surface area contributed by atoms with Crippen molar-refractivity contribution in [2.45, 2.75) is 20.8 Å². The van der Waals surface area contributed by atoms with Gasteiger partial charge in [-0.05, 0) is 12.3 Å².